The maximum Gasteiger partial charge on any atom is 0.138 e. The van der Waals surface area contributed by atoms with Crippen molar-refractivity contribution in [3.05, 3.63) is 0 Å². The quantitative estimate of drug-likeness (QED) is 0.395. The summed E-state index contributed by atoms with van der Waals surface area (Å²) in [5.41, 5.74) is 5.20. The first-order valence-corrected chi connectivity index (χ1v) is 3.73. The van der Waals surface area contributed by atoms with Gasteiger partial charge < -0.3 is 5.73 Å². The fourth-order valence-corrected chi connectivity index (χ4v) is 0.653. The summed E-state index contributed by atoms with van der Waals surface area (Å²) < 4.78 is 7.70. The molecular formula is C3H8IN3. The van der Waals surface area contributed by atoms with Crippen LogP contribution in [-0.4, -0.2) is 12.9 Å². The second-order valence-electron chi connectivity index (χ2n) is 0.971. The molecule has 0 unspecified atom stereocenters. The molecule has 0 aromatic rings. The SMILES string of the molecule is CN=IN=C(C)N. The van der Waals surface area contributed by atoms with Crippen molar-refractivity contribution in [3.8, 4) is 0 Å². The lowest BCUT2D eigenvalue weighted by atomic mass is 10.8. The molecule has 0 aliphatic carbocycles. The van der Waals surface area contributed by atoms with Crippen molar-refractivity contribution >= 4 is 27.1 Å². The first kappa shape index (κ1) is 7.00. The summed E-state index contributed by atoms with van der Waals surface area (Å²) in [5, 5.41) is 0. The predicted molar refractivity (Wildman–Crippen MR) is 39.7 cm³/mol. The van der Waals surface area contributed by atoms with E-state index < -0.39 is 0 Å². The molecule has 0 aliphatic heterocycles. The van der Waals surface area contributed by atoms with E-state index in [4.69, 9.17) is 5.73 Å². The zero-order chi connectivity index (χ0) is 5.70. The van der Waals surface area contributed by atoms with Crippen LogP contribution in [0.3, 0.4) is 0 Å². The number of hydrogen-bond acceptors (Lipinski definition) is 1. The molecule has 0 saturated heterocycles. The molecule has 0 aliphatic rings. The molecule has 4 heteroatoms. The molecule has 0 spiro atoms. The van der Waals surface area contributed by atoms with Crippen molar-refractivity contribution in [3.63, 3.8) is 0 Å². The lowest BCUT2D eigenvalue weighted by Gasteiger charge is -1.77. The Morgan fingerprint density at radius 3 is 2.43 bits per heavy atom. The minimum atomic E-state index is -0.324. The smallest absolute Gasteiger partial charge is 0.138 e. The third-order valence-corrected chi connectivity index (χ3v) is 1.65. The van der Waals surface area contributed by atoms with Gasteiger partial charge in [-0.1, -0.05) is 0 Å². The molecule has 7 heavy (non-hydrogen) atoms. The van der Waals surface area contributed by atoms with Crippen molar-refractivity contribution in [1.82, 2.24) is 0 Å². The summed E-state index contributed by atoms with van der Waals surface area (Å²) in [7, 11) is 1.75. The Balaban J connectivity index is 3.46. The van der Waals surface area contributed by atoms with Crippen LogP contribution in [0.4, 0.5) is 0 Å². The van der Waals surface area contributed by atoms with E-state index in [1.807, 2.05) is 0 Å². The molecule has 42 valence electrons. The van der Waals surface area contributed by atoms with E-state index in [1.54, 1.807) is 14.0 Å². The fourth-order valence-electron chi connectivity index (χ4n) is 0.0974. The monoisotopic (exact) mass is 213 g/mol. The Labute approximate surface area is 53.5 Å². The highest BCUT2D eigenvalue weighted by Crippen LogP contribution is 1.97. The van der Waals surface area contributed by atoms with Crippen LogP contribution >= 0.6 is 21.3 Å². The summed E-state index contributed by atoms with van der Waals surface area (Å²) in [4.78, 5) is 0. The zero-order valence-electron chi connectivity index (χ0n) is 4.35. The lowest BCUT2D eigenvalue weighted by Crippen LogP contribution is -2.02. The standard InChI is InChI=1S/C3H8IN3/c1-3(5)7-4-6-2/h1-2H3,(H2,5,6,7). The molecule has 0 saturated carbocycles. The Hall–Kier alpha value is 0. The molecule has 0 bridgehead atoms. The fraction of sp³-hybridized carbons (Fsp3) is 0.667. The summed E-state index contributed by atoms with van der Waals surface area (Å²) in [6.07, 6.45) is 0. The number of rotatable bonds is 1. The Kier molecular flexibility index (Phi) is 4.17. The van der Waals surface area contributed by atoms with Gasteiger partial charge in [0, 0.05) is 7.05 Å². The van der Waals surface area contributed by atoms with E-state index >= 15 is 0 Å². The highest BCUT2D eigenvalue weighted by Gasteiger charge is 1.68. The molecule has 0 amide bonds. The van der Waals surface area contributed by atoms with Gasteiger partial charge in [-0.3, -0.25) is 0 Å². The van der Waals surface area contributed by atoms with Crippen molar-refractivity contribution in [1.29, 1.82) is 0 Å². The molecule has 2 N–H and O–H groups in total. The van der Waals surface area contributed by atoms with Gasteiger partial charge in [-0.2, -0.15) is 3.21 Å². The van der Waals surface area contributed by atoms with Crippen LogP contribution in [-0.2, 0) is 0 Å². The summed E-state index contributed by atoms with van der Waals surface area (Å²) in [5.74, 6) is 0.637. The third-order valence-electron chi connectivity index (χ3n) is 0.247. The Morgan fingerprint density at radius 1 is 1.71 bits per heavy atom. The largest absolute Gasteiger partial charge is 0.387 e. The molecule has 0 fully saturated rings. The summed E-state index contributed by atoms with van der Waals surface area (Å²) in [6, 6.07) is 0. The second-order valence-corrected chi connectivity index (χ2v) is 2.85. The zero-order valence-corrected chi connectivity index (χ0v) is 6.51. The van der Waals surface area contributed by atoms with Crippen LogP contribution in [0.5, 0.6) is 0 Å². The normalized spacial score (nSPS) is 14.3. The second kappa shape index (κ2) is 4.17. The van der Waals surface area contributed by atoms with Crippen LogP contribution in [0.1, 0.15) is 6.92 Å². The van der Waals surface area contributed by atoms with Gasteiger partial charge in [0.25, 0.3) is 0 Å². The van der Waals surface area contributed by atoms with Gasteiger partial charge in [-0.05, 0) is 6.92 Å². The average molecular weight is 213 g/mol. The lowest BCUT2D eigenvalue weighted by molar-refractivity contribution is 1.55. The molecular weight excluding hydrogens is 205 g/mol. The minimum absolute atomic E-state index is 0.324. The Bertz CT molecular complexity index is 92.4. The average Bonchev–Trinajstić information content (AvgIpc) is 1.61. The van der Waals surface area contributed by atoms with E-state index in [0.29, 0.717) is 5.84 Å². The molecule has 0 atom stereocenters. The first-order chi connectivity index (χ1) is 3.27. The van der Waals surface area contributed by atoms with Crippen LogP contribution in [0.25, 0.3) is 0 Å². The Morgan fingerprint density at radius 2 is 2.29 bits per heavy atom. The molecule has 0 rings (SSSR count). The van der Waals surface area contributed by atoms with E-state index in [1.165, 1.54) is 0 Å². The molecule has 0 radical (unpaired) electrons. The number of hydrogen-bond donors (Lipinski definition) is 1. The van der Waals surface area contributed by atoms with Gasteiger partial charge in [0.15, 0.2) is 0 Å². The van der Waals surface area contributed by atoms with Crippen LogP contribution in [0.15, 0.2) is 6.35 Å². The van der Waals surface area contributed by atoms with Crippen molar-refractivity contribution < 1.29 is 0 Å². The van der Waals surface area contributed by atoms with Crippen LogP contribution in [0, 0.1) is 0 Å². The van der Waals surface area contributed by atoms with Gasteiger partial charge in [0.05, 0.1) is 0 Å². The minimum Gasteiger partial charge on any atom is -0.387 e. The highest BCUT2D eigenvalue weighted by molar-refractivity contribution is 14.1. The van der Waals surface area contributed by atoms with Gasteiger partial charge in [-0.25, -0.2) is 3.15 Å². The molecule has 3 nitrogen and oxygen atoms in total. The van der Waals surface area contributed by atoms with Gasteiger partial charge in [-0.15, -0.1) is 0 Å². The van der Waals surface area contributed by atoms with E-state index in [2.05, 4.69) is 6.35 Å². The summed E-state index contributed by atoms with van der Waals surface area (Å²) >= 11 is -0.324. The topological polar surface area (TPSA) is 50.7 Å². The predicted octanol–water partition coefficient (Wildman–Crippen LogP) is 1.06. The van der Waals surface area contributed by atoms with Crippen molar-refractivity contribution in [2.45, 2.75) is 6.92 Å². The molecule has 0 aromatic carbocycles. The van der Waals surface area contributed by atoms with Gasteiger partial charge in [0.2, 0.25) is 0 Å². The van der Waals surface area contributed by atoms with Crippen molar-refractivity contribution in [2.75, 3.05) is 7.05 Å². The highest BCUT2D eigenvalue weighted by atomic mass is 127. The van der Waals surface area contributed by atoms with E-state index in [0.717, 1.165) is 0 Å². The maximum absolute atomic E-state index is 5.20. The first-order valence-electron chi connectivity index (χ1n) is 1.80. The van der Waals surface area contributed by atoms with Crippen molar-refractivity contribution in [2.24, 2.45) is 12.1 Å². The molecule has 0 aromatic heterocycles. The third kappa shape index (κ3) is 6.00. The van der Waals surface area contributed by atoms with Gasteiger partial charge in [0.1, 0.15) is 27.1 Å². The number of nitrogens with zero attached hydrogens (tertiary/aromatic N) is 2. The van der Waals surface area contributed by atoms with Crippen LogP contribution < -0.4 is 5.73 Å². The summed E-state index contributed by atoms with van der Waals surface area (Å²) in [6.45, 7) is 1.77. The molecule has 0 heterocycles. The van der Waals surface area contributed by atoms with E-state index in [9.17, 15) is 0 Å². The van der Waals surface area contributed by atoms with Gasteiger partial charge >= 0.3 is 0 Å². The maximum atomic E-state index is 5.20. The van der Waals surface area contributed by atoms with E-state index in [-0.39, 0.29) is 21.3 Å². The number of nitrogens with two attached hydrogens (primary N) is 1. The van der Waals surface area contributed by atoms with Crippen LogP contribution in [0.2, 0.25) is 0 Å². The number of amidine groups is 1. The number of halogens is 1.